The molecule has 7 nitrogen and oxygen atoms in total. The van der Waals surface area contributed by atoms with Gasteiger partial charge in [0.2, 0.25) is 5.88 Å². The summed E-state index contributed by atoms with van der Waals surface area (Å²) < 4.78 is 12.1. The Bertz CT molecular complexity index is 1310. The number of hydrogen-bond acceptors (Lipinski definition) is 6. The molecule has 0 bridgehead atoms. The van der Waals surface area contributed by atoms with Crippen molar-refractivity contribution in [2.75, 3.05) is 31.7 Å². The van der Waals surface area contributed by atoms with Gasteiger partial charge in [0.1, 0.15) is 6.61 Å². The van der Waals surface area contributed by atoms with Gasteiger partial charge in [0.25, 0.3) is 5.56 Å². The molecule has 7 heteroatoms. The first-order valence-electron chi connectivity index (χ1n) is 11.2. The number of terminal acetylenes is 1. The number of hydrogen-bond donors (Lipinski definition) is 2. The van der Waals surface area contributed by atoms with Crippen LogP contribution in [0, 0.1) is 12.3 Å². The maximum absolute atomic E-state index is 13.3. The molecular formula is C25H27N3O4. The molecule has 3 aromatic rings. The molecule has 2 N–H and O–H groups in total. The number of nitrogens with one attached hydrogen (secondary N) is 1. The summed E-state index contributed by atoms with van der Waals surface area (Å²) >= 11 is 0. The van der Waals surface area contributed by atoms with Crippen LogP contribution in [0.25, 0.3) is 21.5 Å². The van der Waals surface area contributed by atoms with Crippen molar-refractivity contribution in [2.24, 2.45) is 4.99 Å². The van der Waals surface area contributed by atoms with E-state index in [0.29, 0.717) is 30.0 Å². The van der Waals surface area contributed by atoms with Crippen LogP contribution < -0.4 is 16.2 Å². The van der Waals surface area contributed by atoms with Gasteiger partial charge in [0.05, 0.1) is 37.8 Å². The second kappa shape index (κ2) is 8.81. The Morgan fingerprint density at radius 1 is 1.09 bits per heavy atom. The lowest BCUT2D eigenvalue weighted by molar-refractivity contribution is 0.0558. The van der Waals surface area contributed by atoms with Crippen LogP contribution in [-0.4, -0.2) is 48.2 Å². The minimum absolute atomic E-state index is 0.0416. The molecule has 1 aromatic heterocycles. The van der Waals surface area contributed by atoms with Crippen LogP contribution in [0.4, 0.5) is 5.69 Å². The fourth-order valence-corrected chi connectivity index (χ4v) is 4.98. The second-order valence-electron chi connectivity index (χ2n) is 8.42. The smallest absolute Gasteiger partial charge is 0.261 e. The summed E-state index contributed by atoms with van der Waals surface area (Å²) in [5.41, 5.74) is 0.760. The van der Waals surface area contributed by atoms with Gasteiger partial charge in [-0.1, -0.05) is 18.8 Å². The van der Waals surface area contributed by atoms with E-state index in [1.165, 1.54) is 17.4 Å². The normalized spacial score (nSPS) is 19.7. The predicted octanol–water partition coefficient (Wildman–Crippen LogP) is 2.60. The molecule has 1 aliphatic heterocycles. The summed E-state index contributed by atoms with van der Waals surface area (Å²) in [5.74, 6) is 2.36. The number of rotatable bonds is 7. The van der Waals surface area contributed by atoms with Gasteiger partial charge in [-0.2, -0.15) is 0 Å². The van der Waals surface area contributed by atoms with E-state index in [1.54, 1.807) is 0 Å². The van der Waals surface area contributed by atoms with Gasteiger partial charge in [0.15, 0.2) is 0 Å². The number of pyridine rings is 1. The quantitative estimate of drug-likeness (QED) is 0.442. The van der Waals surface area contributed by atoms with E-state index in [1.807, 2.05) is 24.3 Å². The van der Waals surface area contributed by atoms with Gasteiger partial charge in [-0.3, -0.25) is 14.4 Å². The number of fused-ring (bicyclic) bond motifs is 1. The van der Waals surface area contributed by atoms with Gasteiger partial charge < -0.3 is 19.9 Å². The average Bonchev–Trinajstić information content (AvgIpc) is 2.97. The summed E-state index contributed by atoms with van der Waals surface area (Å²) in [6, 6.07) is 8.23. The van der Waals surface area contributed by atoms with Crippen molar-refractivity contribution in [2.45, 2.75) is 44.3 Å². The fourth-order valence-electron chi connectivity index (χ4n) is 4.98. The van der Waals surface area contributed by atoms with E-state index in [4.69, 9.17) is 20.9 Å². The molecular weight excluding hydrogens is 406 g/mol. The van der Waals surface area contributed by atoms with E-state index < -0.39 is 0 Å². The van der Waals surface area contributed by atoms with Crippen molar-refractivity contribution in [1.82, 2.24) is 4.57 Å². The summed E-state index contributed by atoms with van der Waals surface area (Å²) in [6.45, 7) is 1.54. The minimum atomic E-state index is -0.229. The molecule has 2 aromatic carbocycles. The molecule has 0 amide bonds. The zero-order valence-electron chi connectivity index (χ0n) is 18.0. The first-order chi connectivity index (χ1) is 15.7. The largest absolute Gasteiger partial charge is 0.494 e. The van der Waals surface area contributed by atoms with E-state index in [9.17, 15) is 9.90 Å². The van der Waals surface area contributed by atoms with Gasteiger partial charge in [-0.05, 0) is 37.1 Å². The van der Waals surface area contributed by atoms with Gasteiger partial charge in [-0.25, -0.2) is 0 Å². The average molecular weight is 434 g/mol. The highest BCUT2D eigenvalue weighted by Gasteiger charge is 2.28. The molecule has 0 spiro atoms. The summed E-state index contributed by atoms with van der Waals surface area (Å²) in [7, 11) is 0. The third kappa shape index (κ3) is 3.60. The molecule has 0 saturated heterocycles. The maximum atomic E-state index is 13.3. The number of benzene rings is 2. The molecule has 1 fully saturated rings. The van der Waals surface area contributed by atoms with Crippen molar-refractivity contribution in [3.05, 3.63) is 40.0 Å². The molecule has 2 unspecified atom stereocenters. The Morgan fingerprint density at radius 3 is 2.78 bits per heavy atom. The van der Waals surface area contributed by atoms with Crippen LogP contribution in [0.15, 0.2) is 34.1 Å². The first-order valence-corrected chi connectivity index (χ1v) is 11.2. The highest BCUT2D eigenvalue weighted by atomic mass is 16.5. The van der Waals surface area contributed by atoms with E-state index in [0.717, 1.165) is 34.7 Å². The molecule has 2 atom stereocenters. The third-order valence-electron chi connectivity index (χ3n) is 6.50. The van der Waals surface area contributed by atoms with Gasteiger partial charge in [-0.15, -0.1) is 6.42 Å². The maximum Gasteiger partial charge on any atom is 0.261 e. The van der Waals surface area contributed by atoms with Gasteiger partial charge >= 0.3 is 0 Å². The lowest BCUT2D eigenvalue weighted by Gasteiger charge is -2.29. The molecule has 166 valence electrons. The van der Waals surface area contributed by atoms with Crippen LogP contribution in [-0.2, 0) is 16.0 Å². The molecule has 2 aliphatic rings. The Hall–Kier alpha value is -3.08. The van der Waals surface area contributed by atoms with Crippen LogP contribution in [0.5, 0.6) is 5.88 Å². The standard InChI is InChI=1S/C25H27N3O4/c1-2-12-31-14-15-32-13-11-28-24(29)16-7-9-20-23-21(10-8-17(22(16)23)25(28)30)27-19-6-4-3-5-18(19)26-20/h1,7-10,18-19,26,30H,3-6,11-15H2. The predicted molar refractivity (Wildman–Crippen MR) is 124 cm³/mol. The summed E-state index contributed by atoms with van der Waals surface area (Å²) in [5, 5.41) is 18.5. The van der Waals surface area contributed by atoms with Crippen molar-refractivity contribution in [1.29, 1.82) is 0 Å². The summed E-state index contributed by atoms with van der Waals surface area (Å²) in [4.78, 5) is 18.3. The Balaban J connectivity index is 1.52. The first kappa shape index (κ1) is 20.8. The number of aromatic hydroxyl groups is 1. The molecule has 0 radical (unpaired) electrons. The van der Waals surface area contributed by atoms with Crippen LogP contribution in [0.3, 0.4) is 0 Å². The minimum Gasteiger partial charge on any atom is -0.494 e. The van der Waals surface area contributed by atoms with Crippen molar-refractivity contribution < 1.29 is 14.6 Å². The summed E-state index contributed by atoms with van der Waals surface area (Å²) in [6.07, 6.45) is 9.69. The molecule has 2 heterocycles. The Labute approximate surface area is 186 Å². The van der Waals surface area contributed by atoms with Crippen LogP contribution in [0.2, 0.25) is 0 Å². The lowest BCUT2D eigenvalue weighted by Crippen LogP contribution is -2.35. The Kier molecular flexibility index (Phi) is 5.73. The number of aromatic nitrogens is 1. The topological polar surface area (TPSA) is 85.1 Å². The van der Waals surface area contributed by atoms with E-state index in [-0.39, 0.29) is 37.2 Å². The SMILES string of the molecule is C#CCOCCOCCn1c(O)c2ccc3c4c(ccc(c1=O)c24)NC1CCCCC1N=3. The second-order valence-corrected chi connectivity index (χ2v) is 8.42. The lowest BCUT2D eigenvalue weighted by atomic mass is 9.91. The molecule has 1 saturated carbocycles. The van der Waals surface area contributed by atoms with Crippen molar-refractivity contribution in [3.8, 4) is 18.2 Å². The highest BCUT2D eigenvalue weighted by molar-refractivity contribution is 6.15. The molecule has 5 rings (SSSR count). The molecule has 32 heavy (non-hydrogen) atoms. The van der Waals surface area contributed by atoms with E-state index in [2.05, 4.69) is 11.2 Å². The number of nitrogens with zero attached hydrogens (tertiary/aromatic N) is 2. The van der Waals surface area contributed by atoms with Gasteiger partial charge in [0, 0.05) is 33.3 Å². The van der Waals surface area contributed by atoms with E-state index >= 15 is 0 Å². The number of anilines is 1. The fraction of sp³-hybridized carbons (Fsp3) is 0.440. The van der Waals surface area contributed by atoms with Crippen LogP contribution >= 0.6 is 0 Å². The third-order valence-corrected chi connectivity index (χ3v) is 6.50. The monoisotopic (exact) mass is 433 g/mol. The Morgan fingerprint density at radius 2 is 1.91 bits per heavy atom. The van der Waals surface area contributed by atoms with Crippen molar-refractivity contribution >= 4 is 27.2 Å². The van der Waals surface area contributed by atoms with Crippen LogP contribution in [0.1, 0.15) is 25.7 Å². The highest BCUT2D eigenvalue weighted by Crippen LogP contribution is 2.35. The zero-order valence-corrected chi connectivity index (χ0v) is 18.0. The molecule has 1 aliphatic carbocycles. The number of ether oxygens (including phenoxy) is 2. The van der Waals surface area contributed by atoms with Crippen molar-refractivity contribution in [3.63, 3.8) is 0 Å². The zero-order chi connectivity index (χ0) is 22.1.